The second-order valence-electron chi connectivity index (χ2n) is 7.30. The summed E-state index contributed by atoms with van der Waals surface area (Å²) in [5, 5.41) is 10.9. The van der Waals surface area contributed by atoms with Gasteiger partial charge >= 0.3 is 0 Å². The van der Waals surface area contributed by atoms with Crippen LogP contribution >= 0.6 is 34.7 Å². The Hall–Kier alpha value is -3.20. The molecule has 34 heavy (non-hydrogen) atoms. The summed E-state index contributed by atoms with van der Waals surface area (Å²) in [7, 11) is 1.61. The molecular weight excluding hydrogens is 493 g/mol. The van der Waals surface area contributed by atoms with Crippen molar-refractivity contribution in [3.8, 4) is 22.1 Å². The summed E-state index contributed by atoms with van der Waals surface area (Å²) in [6.07, 6.45) is 0. The molecule has 2 aromatic heterocycles. The molecule has 3 aromatic carbocycles. The number of halogens is 2. The molecule has 0 bridgehead atoms. The molecule has 2 heterocycles. The number of rotatable bonds is 7. The predicted molar refractivity (Wildman–Crippen MR) is 135 cm³/mol. The first-order valence-electron chi connectivity index (χ1n) is 10.2. The lowest BCUT2D eigenvalue weighted by atomic mass is 10.1. The number of ether oxygens (including phenoxy) is 1. The molecule has 0 atom stereocenters. The highest BCUT2D eigenvalue weighted by atomic mass is 35.5. The van der Waals surface area contributed by atoms with Gasteiger partial charge in [0.1, 0.15) is 11.6 Å². The summed E-state index contributed by atoms with van der Waals surface area (Å²) in [6.45, 7) is 0. The molecule has 0 aliphatic heterocycles. The molecule has 0 radical (unpaired) electrons. The third-order valence-electron chi connectivity index (χ3n) is 5.20. The van der Waals surface area contributed by atoms with E-state index in [1.807, 2.05) is 53.1 Å². The number of hydrogen-bond donors (Lipinski definition) is 0. The van der Waals surface area contributed by atoms with E-state index in [4.69, 9.17) is 16.3 Å². The van der Waals surface area contributed by atoms with Crippen LogP contribution in [0.25, 0.3) is 26.5 Å². The number of nitrogens with zero attached hydrogens (tertiary/aromatic N) is 3. The molecule has 0 amide bonds. The van der Waals surface area contributed by atoms with Crippen LogP contribution in [0.2, 0.25) is 5.02 Å². The molecule has 0 aliphatic carbocycles. The lowest BCUT2D eigenvalue weighted by Crippen LogP contribution is -2.05. The maximum Gasteiger partial charge on any atom is 0.196 e. The van der Waals surface area contributed by atoms with E-state index in [1.54, 1.807) is 7.11 Å². The Bertz CT molecular complexity index is 1480. The van der Waals surface area contributed by atoms with Crippen LogP contribution in [-0.2, 0) is 0 Å². The predicted octanol–water partition coefficient (Wildman–Crippen LogP) is 6.93. The third-order valence-corrected chi connectivity index (χ3v) is 7.80. The number of thiophene rings is 1. The van der Waals surface area contributed by atoms with Crippen molar-refractivity contribution >= 4 is 50.6 Å². The van der Waals surface area contributed by atoms with Gasteiger partial charge in [-0.3, -0.25) is 9.36 Å². The van der Waals surface area contributed by atoms with Gasteiger partial charge in [0, 0.05) is 15.6 Å². The molecule has 5 nitrogen and oxygen atoms in total. The van der Waals surface area contributed by atoms with Crippen LogP contribution in [0.1, 0.15) is 10.4 Å². The molecule has 5 aromatic rings. The van der Waals surface area contributed by atoms with Gasteiger partial charge < -0.3 is 4.74 Å². The van der Waals surface area contributed by atoms with Gasteiger partial charge in [0.25, 0.3) is 0 Å². The largest absolute Gasteiger partial charge is 0.497 e. The van der Waals surface area contributed by atoms with E-state index >= 15 is 0 Å². The number of benzene rings is 3. The number of hydrogen-bond acceptors (Lipinski definition) is 6. The molecular formula is C25H17ClFN3O2S2. The van der Waals surface area contributed by atoms with E-state index in [1.165, 1.54) is 47.4 Å². The van der Waals surface area contributed by atoms with Crippen LogP contribution in [0.15, 0.2) is 78.0 Å². The Morgan fingerprint density at radius 3 is 2.50 bits per heavy atom. The minimum absolute atomic E-state index is 0.125. The van der Waals surface area contributed by atoms with Crippen LogP contribution in [0.3, 0.4) is 0 Å². The van der Waals surface area contributed by atoms with E-state index < -0.39 is 0 Å². The molecule has 0 N–H and O–H groups in total. The third kappa shape index (κ3) is 4.32. The van der Waals surface area contributed by atoms with Gasteiger partial charge in [0.05, 0.1) is 28.4 Å². The lowest BCUT2D eigenvalue weighted by molar-refractivity contribution is 0.102. The molecule has 0 aliphatic rings. The summed E-state index contributed by atoms with van der Waals surface area (Å²) in [6, 6.07) is 20.9. The number of carbonyl (C=O) groups excluding carboxylic acids is 1. The van der Waals surface area contributed by atoms with Gasteiger partial charge in [-0.25, -0.2) is 4.39 Å². The van der Waals surface area contributed by atoms with Gasteiger partial charge in [-0.1, -0.05) is 41.6 Å². The fraction of sp³-hybridized carbons (Fsp3) is 0.0800. The zero-order valence-corrected chi connectivity index (χ0v) is 20.3. The minimum atomic E-state index is -0.381. The number of ketones is 1. The molecule has 9 heteroatoms. The standard InChI is InChI=1S/C25H17ClFN3O2S2/c1-32-18-12-10-17(11-13-18)30-24(23-22(26)19-4-2-3-5-21(19)34-23)28-29-25(30)33-14-20(31)15-6-8-16(27)9-7-15/h2-13H,14H2,1H3. The molecule has 0 saturated carbocycles. The maximum absolute atomic E-state index is 13.2. The van der Waals surface area contributed by atoms with Crippen LogP contribution in [0.4, 0.5) is 4.39 Å². The number of methoxy groups -OCH3 is 1. The van der Waals surface area contributed by atoms with Crippen molar-refractivity contribution in [2.75, 3.05) is 12.9 Å². The van der Waals surface area contributed by atoms with Gasteiger partial charge in [-0.05, 0) is 54.6 Å². The number of fused-ring (bicyclic) bond motifs is 1. The number of thioether (sulfide) groups is 1. The Morgan fingerprint density at radius 2 is 1.79 bits per heavy atom. The van der Waals surface area contributed by atoms with Gasteiger partial charge in [-0.2, -0.15) is 0 Å². The summed E-state index contributed by atoms with van der Waals surface area (Å²) in [5.74, 6) is 0.927. The van der Waals surface area contributed by atoms with Crippen molar-refractivity contribution in [3.63, 3.8) is 0 Å². The zero-order chi connectivity index (χ0) is 23.7. The van der Waals surface area contributed by atoms with Crippen molar-refractivity contribution in [3.05, 3.63) is 89.2 Å². The van der Waals surface area contributed by atoms with Gasteiger partial charge in [-0.15, -0.1) is 21.5 Å². The molecule has 0 fully saturated rings. The fourth-order valence-electron chi connectivity index (χ4n) is 3.48. The summed E-state index contributed by atoms with van der Waals surface area (Å²) >= 11 is 9.55. The van der Waals surface area contributed by atoms with E-state index in [-0.39, 0.29) is 17.4 Å². The average Bonchev–Trinajstić information content (AvgIpc) is 3.44. The Labute approximate surface area is 208 Å². The second-order valence-corrected chi connectivity index (χ2v) is 9.67. The highest BCUT2D eigenvalue weighted by Crippen LogP contribution is 2.42. The van der Waals surface area contributed by atoms with Crippen molar-refractivity contribution in [2.45, 2.75) is 5.16 Å². The molecule has 0 spiro atoms. The highest BCUT2D eigenvalue weighted by molar-refractivity contribution is 7.99. The molecule has 0 saturated heterocycles. The van der Waals surface area contributed by atoms with E-state index in [0.29, 0.717) is 21.6 Å². The summed E-state index contributed by atoms with van der Waals surface area (Å²) in [5.41, 5.74) is 1.25. The quantitative estimate of drug-likeness (QED) is 0.176. The van der Waals surface area contributed by atoms with Crippen LogP contribution in [-0.4, -0.2) is 33.4 Å². The summed E-state index contributed by atoms with van der Waals surface area (Å²) < 4.78 is 21.4. The van der Waals surface area contributed by atoms with Crippen LogP contribution in [0.5, 0.6) is 5.75 Å². The van der Waals surface area contributed by atoms with E-state index in [9.17, 15) is 9.18 Å². The first kappa shape index (κ1) is 22.6. The second kappa shape index (κ2) is 9.58. The summed E-state index contributed by atoms with van der Waals surface area (Å²) in [4.78, 5) is 13.5. The first-order valence-corrected chi connectivity index (χ1v) is 12.4. The number of Topliss-reactive ketones (excluding diaryl/α,β-unsaturated/α-hetero) is 1. The fourth-order valence-corrected chi connectivity index (χ4v) is 5.82. The van der Waals surface area contributed by atoms with Crippen molar-refractivity contribution < 1.29 is 13.9 Å². The molecule has 170 valence electrons. The Morgan fingerprint density at radius 1 is 1.06 bits per heavy atom. The normalized spacial score (nSPS) is 11.1. The number of carbonyl (C=O) groups is 1. The van der Waals surface area contributed by atoms with E-state index in [0.717, 1.165) is 26.4 Å². The topological polar surface area (TPSA) is 57.0 Å². The zero-order valence-electron chi connectivity index (χ0n) is 17.9. The Balaban J connectivity index is 1.55. The minimum Gasteiger partial charge on any atom is -0.497 e. The highest BCUT2D eigenvalue weighted by Gasteiger charge is 2.22. The average molecular weight is 510 g/mol. The smallest absolute Gasteiger partial charge is 0.196 e. The van der Waals surface area contributed by atoms with E-state index in [2.05, 4.69) is 10.2 Å². The van der Waals surface area contributed by atoms with Crippen molar-refractivity contribution in [1.82, 2.24) is 14.8 Å². The van der Waals surface area contributed by atoms with Gasteiger partial charge in [0.2, 0.25) is 0 Å². The van der Waals surface area contributed by atoms with Crippen LogP contribution in [0, 0.1) is 5.82 Å². The molecule has 0 unspecified atom stereocenters. The first-order chi connectivity index (χ1) is 16.5. The van der Waals surface area contributed by atoms with Crippen LogP contribution < -0.4 is 4.74 Å². The number of aromatic nitrogens is 3. The molecule has 5 rings (SSSR count). The van der Waals surface area contributed by atoms with Crippen molar-refractivity contribution in [2.24, 2.45) is 0 Å². The lowest BCUT2D eigenvalue weighted by Gasteiger charge is -2.10. The Kier molecular flexibility index (Phi) is 6.36. The monoisotopic (exact) mass is 509 g/mol. The SMILES string of the molecule is COc1ccc(-n2c(SCC(=O)c3ccc(F)cc3)nnc2-c2sc3ccccc3c2Cl)cc1. The van der Waals surface area contributed by atoms with Gasteiger partial charge in [0.15, 0.2) is 16.8 Å². The maximum atomic E-state index is 13.2. The van der Waals surface area contributed by atoms with Crippen molar-refractivity contribution in [1.29, 1.82) is 0 Å².